The number of fused-ring (bicyclic) bond motifs is 1. The summed E-state index contributed by atoms with van der Waals surface area (Å²) in [6, 6.07) is 5.57. The lowest BCUT2D eigenvalue weighted by atomic mass is 10.0. The number of imide groups is 1. The normalized spacial score (nSPS) is 22.5. The summed E-state index contributed by atoms with van der Waals surface area (Å²) in [6.45, 7) is 4.48. The number of hydrogen-bond donors (Lipinski definition) is 3. The van der Waals surface area contributed by atoms with E-state index in [-0.39, 0.29) is 24.1 Å². The van der Waals surface area contributed by atoms with E-state index in [1.807, 2.05) is 18.2 Å². The van der Waals surface area contributed by atoms with Crippen molar-refractivity contribution in [2.24, 2.45) is 5.73 Å². The van der Waals surface area contributed by atoms with Crippen molar-refractivity contribution in [3.63, 3.8) is 0 Å². The molecule has 168 valence electrons. The predicted octanol–water partition coefficient (Wildman–Crippen LogP) is 1.45. The predicted molar refractivity (Wildman–Crippen MR) is 118 cm³/mol. The monoisotopic (exact) mass is 427 g/mol. The fourth-order valence-electron chi connectivity index (χ4n) is 4.90. The summed E-state index contributed by atoms with van der Waals surface area (Å²) < 4.78 is 0. The Morgan fingerprint density at radius 1 is 1.06 bits per heavy atom. The molecule has 3 amide bonds. The maximum atomic E-state index is 13.0. The van der Waals surface area contributed by atoms with E-state index in [0.29, 0.717) is 24.6 Å². The quantitative estimate of drug-likeness (QED) is 0.428. The van der Waals surface area contributed by atoms with Crippen LogP contribution in [0.2, 0.25) is 0 Å². The van der Waals surface area contributed by atoms with Gasteiger partial charge in [0.1, 0.15) is 6.04 Å². The number of rotatable bonds is 8. The number of nitrogens with one attached hydrogen (secondary N) is 2. The first-order valence-electron chi connectivity index (χ1n) is 11.5. The molecule has 0 spiro atoms. The van der Waals surface area contributed by atoms with E-state index in [2.05, 4.69) is 15.5 Å². The van der Waals surface area contributed by atoms with E-state index in [9.17, 15) is 14.4 Å². The average molecular weight is 428 g/mol. The molecule has 1 aromatic carbocycles. The van der Waals surface area contributed by atoms with E-state index in [1.165, 1.54) is 12.8 Å². The number of carbonyl (C=O) groups excluding carboxylic acids is 3. The van der Waals surface area contributed by atoms with Gasteiger partial charge < -0.3 is 20.9 Å². The lowest BCUT2D eigenvalue weighted by molar-refractivity contribution is -0.136. The van der Waals surface area contributed by atoms with Crippen LogP contribution in [0.3, 0.4) is 0 Å². The van der Waals surface area contributed by atoms with Crippen LogP contribution in [0.25, 0.3) is 0 Å². The largest absolute Gasteiger partial charge is 0.382 e. The van der Waals surface area contributed by atoms with Crippen LogP contribution < -0.4 is 16.4 Å². The average Bonchev–Trinajstić information content (AvgIpc) is 3.10. The highest BCUT2D eigenvalue weighted by Gasteiger charge is 2.40. The van der Waals surface area contributed by atoms with Gasteiger partial charge in [0.15, 0.2) is 0 Å². The Labute approximate surface area is 183 Å². The first-order valence-corrected chi connectivity index (χ1v) is 11.5. The molecule has 2 saturated heterocycles. The van der Waals surface area contributed by atoms with Gasteiger partial charge in [-0.1, -0.05) is 12.5 Å². The van der Waals surface area contributed by atoms with Crippen LogP contribution in [0.1, 0.15) is 60.9 Å². The summed E-state index contributed by atoms with van der Waals surface area (Å²) in [6.07, 6.45) is 6.31. The van der Waals surface area contributed by atoms with Crippen LogP contribution in [-0.4, -0.2) is 65.8 Å². The van der Waals surface area contributed by atoms with Crippen LogP contribution in [0, 0.1) is 0 Å². The molecule has 3 heterocycles. The van der Waals surface area contributed by atoms with Gasteiger partial charge in [-0.3, -0.25) is 19.7 Å². The molecule has 4 N–H and O–H groups in total. The highest BCUT2D eigenvalue weighted by Crippen LogP contribution is 2.33. The Hall–Kier alpha value is -2.45. The minimum Gasteiger partial charge on any atom is -0.382 e. The first-order chi connectivity index (χ1) is 15.1. The third-order valence-corrected chi connectivity index (χ3v) is 6.71. The number of unbranched alkanes of at least 4 members (excludes halogenated alkanes) is 2. The van der Waals surface area contributed by atoms with Crippen molar-refractivity contribution in [2.75, 3.05) is 31.5 Å². The highest BCUT2D eigenvalue weighted by molar-refractivity contribution is 6.06. The molecule has 8 nitrogen and oxygen atoms in total. The molecule has 0 aromatic heterocycles. The number of nitrogens with zero attached hydrogens (tertiary/aromatic N) is 2. The summed E-state index contributed by atoms with van der Waals surface area (Å²) in [7, 11) is 0. The van der Waals surface area contributed by atoms with Gasteiger partial charge in [-0.2, -0.15) is 0 Å². The number of hydrogen-bond acceptors (Lipinski definition) is 6. The van der Waals surface area contributed by atoms with Gasteiger partial charge in [0.25, 0.3) is 5.91 Å². The molecule has 1 atom stereocenters. The van der Waals surface area contributed by atoms with Crippen LogP contribution in [0.5, 0.6) is 0 Å². The van der Waals surface area contributed by atoms with Gasteiger partial charge in [-0.15, -0.1) is 0 Å². The van der Waals surface area contributed by atoms with Crippen molar-refractivity contribution in [2.45, 2.75) is 63.6 Å². The first kappa shape index (κ1) is 21.8. The van der Waals surface area contributed by atoms with E-state index >= 15 is 0 Å². The molecule has 4 rings (SSSR count). The minimum absolute atomic E-state index is 0.125. The zero-order valence-electron chi connectivity index (χ0n) is 18.1. The summed E-state index contributed by atoms with van der Waals surface area (Å²) in [5.74, 6) is -0.760. The zero-order chi connectivity index (χ0) is 21.8. The smallest absolute Gasteiger partial charge is 0.255 e. The van der Waals surface area contributed by atoms with Gasteiger partial charge in [-0.05, 0) is 57.3 Å². The molecule has 1 aromatic rings. The number of carbonyl (C=O) groups is 3. The maximum Gasteiger partial charge on any atom is 0.255 e. The molecule has 2 fully saturated rings. The Kier molecular flexibility index (Phi) is 6.87. The molecular weight excluding hydrogens is 394 g/mol. The number of likely N-dealkylation sites (tertiary alicyclic amines) is 1. The molecule has 8 heteroatoms. The molecule has 0 bridgehead atoms. The lowest BCUT2D eigenvalue weighted by Gasteiger charge is -2.33. The number of amides is 3. The van der Waals surface area contributed by atoms with Gasteiger partial charge >= 0.3 is 0 Å². The molecular formula is C23H33N5O3. The van der Waals surface area contributed by atoms with Crippen molar-refractivity contribution in [3.05, 3.63) is 29.3 Å². The van der Waals surface area contributed by atoms with E-state index < -0.39 is 6.04 Å². The van der Waals surface area contributed by atoms with Gasteiger partial charge in [-0.25, -0.2) is 0 Å². The minimum atomic E-state index is -0.576. The van der Waals surface area contributed by atoms with E-state index in [4.69, 9.17) is 5.73 Å². The Morgan fingerprint density at radius 2 is 1.87 bits per heavy atom. The molecule has 3 aliphatic rings. The summed E-state index contributed by atoms with van der Waals surface area (Å²) in [5, 5.41) is 6.02. The van der Waals surface area contributed by atoms with Crippen molar-refractivity contribution < 1.29 is 14.4 Å². The zero-order valence-corrected chi connectivity index (χ0v) is 18.1. The number of nitrogens with two attached hydrogens (primary N) is 1. The Balaban J connectivity index is 1.35. The summed E-state index contributed by atoms with van der Waals surface area (Å²) >= 11 is 0. The van der Waals surface area contributed by atoms with E-state index in [1.54, 1.807) is 4.90 Å². The van der Waals surface area contributed by atoms with Crippen molar-refractivity contribution in [1.29, 1.82) is 0 Å². The van der Waals surface area contributed by atoms with Gasteiger partial charge in [0.2, 0.25) is 11.8 Å². The second-order valence-electron chi connectivity index (χ2n) is 8.84. The van der Waals surface area contributed by atoms with Crippen molar-refractivity contribution in [3.8, 4) is 0 Å². The second-order valence-corrected chi connectivity index (χ2v) is 8.84. The maximum absolute atomic E-state index is 13.0. The molecule has 3 aliphatic heterocycles. The SMILES string of the molecule is NCCCCCN1CCC(Nc2cccc3c2CN(C2CCC(=O)NC2=O)C3=O)CC1. The van der Waals surface area contributed by atoms with Crippen LogP contribution in [0.4, 0.5) is 5.69 Å². The van der Waals surface area contributed by atoms with Crippen molar-refractivity contribution >= 4 is 23.4 Å². The Bertz CT molecular complexity index is 835. The molecule has 31 heavy (non-hydrogen) atoms. The van der Waals surface area contributed by atoms with E-state index in [0.717, 1.165) is 56.7 Å². The van der Waals surface area contributed by atoms with Crippen LogP contribution in [-0.2, 0) is 16.1 Å². The molecule has 1 unspecified atom stereocenters. The lowest BCUT2D eigenvalue weighted by Crippen LogP contribution is -2.52. The fourth-order valence-corrected chi connectivity index (χ4v) is 4.90. The van der Waals surface area contributed by atoms with Crippen molar-refractivity contribution in [1.82, 2.24) is 15.1 Å². The molecule has 0 radical (unpaired) electrons. The Morgan fingerprint density at radius 3 is 2.61 bits per heavy atom. The third-order valence-electron chi connectivity index (χ3n) is 6.71. The standard InChI is InChI=1S/C23H33N5O3/c24-11-2-1-3-12-27-13-9-16(10-14-27)25-19-6-4-5-17-18(19)15-28(23(17)31)20-7-8-21(29)26-22(20)30/h4-6,16,20,25H,1-3,7-15,24H2,(H,26,29,30). The summed E-state index contributed by atoms with van der Waals surface area (Å²) in [4.78, 5) is 40.9. The van der Waals surface area contributed by atoms with Crippen LogP contribution in [0.15, 0.2) is 18.2 Å². The number of anilines is 1. The molecule has 0 saturated carbocycles. The third kappa shape index (κ3) is 4.91. The summed E-state index contributed by atoms with van der Waals surface area (Å²) in [5.41, 5.74) is 8.18. The van der Waals surface area contributed by atoms with Gasteiger partial charge in [0.05, 0.1) is 0 Å². The van der Waals surface area contributed by atoms with Gasteiger partial charge in [0, 0.05) is 48.9 Å². The molecule has 0 aliphatic carbocycles. The fraction of sp³-hybridized carbons (Fsp3) is 0.609. The topological polar surface area (TPSA) is 108 Å². The second kappa shape index (κ2) is 9.78. The number of piperidine rings is 2. The number of benzene rings is 1. The van der Waals surface area contributed by atoms with Crippen LogP contribution >= 0.6 is 0 Å². The highest BCUT2D eigenvalue weighted by atomic mass is 16.2.